The van der Waals surface area contributed by atoms with Crippen LogP contribution in [0.2, 0.25) is 0 Å². The Balaban J connectivity index is 1.09. The van der Waals surface area contributed by atoms with Crippen LogP contribution in [0.4, 0.5) is 5.69 Å². The quantitative estimate of drug-likeness (QED) is 0.490. The number of piperidine rings is 1. The summed E-state index contributed by atoms with van der Waals surface area (Å²) in [6.07, 6.45) is 3.98. The minimum Gasteiger partial charge on any atom is -0.467 e. The smallest absolute Gasteiger partial charge is 0.220 e. The van der Waals surface area contributed by atoms with Gasteiger partial charge in [0.2, 0.25) is 5.91 Å². The molecule has 186 valence electrons. The zero-order valence-corrected chi connectivity index (χ0v) is 20.2. The average Bonchev–Trinajstić information content (AvgIpc) is 3.57. The molecule has 0 saturated carbocycles. The molecule has 2 N–H and O–H groups in total. The Morgan fingerprint density at radius 3 is 2.71 bits per heavy atom. The van der Waals surface area contributed by atoms with Crippen molar-refractivity contribution in [3.8, 4) is 0 Å². The zero-order valence-electron chi connectivity index (χ0n) is 20.2. The molecule has 1 amide bonds. The summed E-state index contributed by atoms with van der Waals surface area (Å²) in [6.45, 7) is 7.13. The minimum absolute atomic E-state index is 0.0776. The molecule has 8 nitrogen and oxygen atoms in total. The summed E-state index contributed by atoms with van der Waals surface area (Å²) in [6, 6.07) is 16.4. The Bertz CT molecular complexity index is 1040. The number of hydrogen-bond acceptors (Lipinski definition) is 7. The van der Waals surface area contributed by atoms with E-state index in [0.29, 0.717) is 24.8 Å². The number of furan rings is 1. The second-order valence-electron chi connectivity index (χ2n) is 9.66. The molecule has 3 aromatic rings. The van der Waals surface area contributed by atoms with E-state index in [4.69, 9.17) is 8.94 Å². The lowest BCUT2D eigenvalue weighted by Crippen LogP contribution is -2.45. The minimum atomic E-state index is 0.0776. The highest BCUT2D eigenvalue weighted by molar-refractivity contribution is 5.76. The monoisotopic (exact) mass is 477 g/mol. The van der Waals surface area contributed by atoms with Gasteiger partial charge in [-0.3, -0.25) is 9.69 Å². The lowest BCUT2D eigenvalue weighted by molar-refractivity contribution is -0.122. The zero-order chi connectivity index (χ0) is 23.9. The fraction of sp³-hybridized carbons (Fsp3) is 0.481. The van der Waals surface area contributed by atoms with E-state index in [1.807, 2.05) is 12.1 Å². The fourth-order valence-corrected chi connectivity index (χ4v) is 5.21. The summed E-state index contributed by atoms with van der Waals surface area (Å²) in [7, 11) is 0. The molecular formula is C27H35N5O3. The molecule has 0 spiro atoms. The van der Waals surface area contributed by atoms with Crippen LogP contribution >= 0.6 is 0 Å². The van der Waals surface area contributed by atoms with E-state index in [0.717, 1.165) is 75.9 Å². The van der Waals surface area contributed by atoms with Crippen LogP contribution in [0.1, 0.15) is 30.1 Å². The van der Waals surface area contributed by atoms with Gasteiger partial charge in [0, 0.05) is 44.4 Å². The van der Waals surface area contributed by atoms with E-state index < -0.39 is 0 Å². The van der Waals surface area contributed by atoms with Gasteiger partial charge in [0.15, 0.2) is 5.76 Å². The maximum absolute atomic E-state index is 12.5. The largest absolute Gasteiger partial charge is 0.467 e. The van der Waals surface area contributed by atoms with E-state index in [-0.39, 0.29) is 5.91 Å². The van der Waals surface area contributed by atoms with E-state index in [1.54, 1.807) is 6.26 Å². The van der Waals surface area contributed by atoms with Crippen molar-refractivity contribution in [2.75, 3.05) is 44.2 Å². The van der Waals surface area contributed by atoms with E-state index in [9.17, 15) is 4.79 Å². The molecule has 2 aliphatic heterocycles. The molecule has 2 atom stereocenters. The number of rotatable bonds is 9. The van der Waals surface area contributed by atoms with Gasteiger partial charge in [0.1, 0.15) is 5.76 Å². The van der Waals surface area contributed by atoms with Crippen molar-refractivity contribution in [1.29, 1.82) is 0 Å². The number of amides is 1. The molecule has 2 saturated heterocycles. The summed E-state index contributed by atoms with van der Waals surface area (Å²) in [5.74, 6) is 2.47. The molecule has 2 aliphatic rings. The Morgan fingerprint density at radius 2 is 1.91 bits per heavy atom. The predicted molar refractivity (Wildman–Crippen MR) is 134 cm³/mol. The summed E-state index contributed by atoms with van der Waals surface area (Å²) in [5.41, 5.74) is 2.28. The number of para-hydroxylation sites is 1. The fourth-order valence-electron chi connectivity index (χ4n) is 5.21. The van der Waals surface area contributed by atoms with Crippen LogP contribution in [-0.2, 0) is 24.3 Å². The molecule has 2 fully saturated rings. The first-order chi connectivity index (χ1) is 17.2. The van der Waals surface area contributed by atoms with Crippen molar-refractivity contribution >= 4 is 11.6 Å². The Hall–Kier alpha value is -3.10. The molecule has 0 unspecified atom stereocenters. The lowest BCUT2D eigenvalue weighted by Gasteiger charge is -2.35. The number of carbonyl (C=O) groups is 1. The van der Waals surface area contributed by atoms with Gasteiger partial charge in [0.05, 0.1) is 25.0 Å². The van der Waals surface area contributed by atoms with Crippen LogP contribution in [0.15, 0.2) is 63.7 Å². The van der Waals surface area contributed by atoms with Crippen LogP contribution in [0, 0.1) is 11.8 Å². The van der Waals surface area contributed by atoms with Gasteiger partial charge in [-0.05, 0) is 62.0 Å². The van der Waals surface area contributed by atoms with Gasteiger partial charge < -0.3 is 24.5 Å². The van der Waals surface area contributed by atoms with Gasteiger partial charge in [-0.2, -0.15) is 0 Å². The summed E-state index contributed by atoms with van der Waals surface area (Å²) in [4.78, 5) is 17.4. The molecule has 4 heterocycles. The van der Waals surface area contributed by atoms with Crippen molar-refractivity contribution in [3.63, 3.8) is 0 Å². The van der Waals surface area contributed by atoms with E-state index in [1.165, 1.54) is 5.69 Å². The standard InChI is InChI=1S/C27H35N5O3/c33-27(29-19-25-7-4-14-34-25)16-21-8-9-28-18-22(21)15-23-17-26(35-30-23)20-31-10-12-32(13-11-31)24-5-2-1-3-6-24/h1-7,14,17,21-22,28H,8-13,15-16,18-20H2,(H,29,33)/t21-,22+/m0/s1. The first-order valence-electron chi connectivity index (χ1n) is 12.7. The highest BCUT2D eigenvalue weighted by Crippen LogP contribution is 2.26. The average molecular weight is 478 g/mol. The van der Waals surface area contributed by atoms with Gasteiger partial charge in [-0.1, -0.05) is 23.4 Å². The lowest BCUT2D eigenvalue weighted by atomic mass is 9.81. The summed E-state index contributed by atoms with van der Waals surface area (Å²) >= 11 is 0. The Kier molecular flexibility index (Phi) is 7.80. The summed E-state index contributed by atoms with van der Waals surface area (Å²) < 4.78 is 11.0. The third-order valence-corrected chi connectivity index (χ3v) is 7.20. The summed E-state index contributed by atoms with van der Waals surface area (Å²) in [5, 5.41) is 10.8. The van der Waals surface area contributed by atoms with Crippen LogP contribution in [0.3, 0.4) is 0 Å². The van der Waals surface area contributed by atoms with Crippen molar-refractivity contribution in [1.82, 2.24) is 20.7 Å². The molecule has 35 heavy (non-hydrogen) atoms. The number of nitrogens with one attached hydrogen (secondary N) is 2. The van der Waals surface area contributed by atoms with Gasteiger partial charge in [-0.25, -0.2) is 0 Å². The maximum atomic E-state index is 12.5. The second kappa shape index (κ2) is 11.6. The van der Waals surface area contributed by atoms with Gasteiger partial charge in [-0.15, -0.1) is 0 Å². The first-order valence-corrected chi connectivity index (χ1v) is 12.7. The van der Waals surface area contributed by atoms with Crippen molar-refractivity contribution in [2.24, 2.45) is 11.8 Å². The highest BCUT2D eigenvalue weighted by atomic mass is 16.5. The Labute approximate surface area is 206 Å². The van der Waals surface area contributed by atoms with E-state index in [2.05, 4.69) is 62.0 Å². The number of carbonyl (C=O) groups excluding carboxylic acids is 1. The van der Waals surface area contributed by atoms with Crippen molar-refractivity contribution in [3.05, 3.63) is 72.0 Å². The molecule has 0 bridgehead atoms. The van der Waals surface area contributed by atoms with Crippen molar-refractivity contribution in [2.45, 2.75) is 32.4 Å². The SMILES string of the molecule is O=C(C[C@@H]1CCNC[C@H]1Cc1cc(CN2CCN(c3ccccc3)CC2)on1)NCc1ccco1. The van der Waals surface area contributed by atoms with E-state index >= 15 is 0 Å². The molecule has 2 aromatic heterocycles. The predicted octanol–water partition coefficient (Wildman–Crippen LogP) is 3.06. The third-order valence-electron chi connectivity index (χ3n) is 7.20. The molecule has 5 rings (SSSR count). The van der Waals surface area contributed by atoms with Gasteiger partial charge in [0.25, 0.3) is 0 Å². The number of nitrogens with zero attached hydrogens (tertiary/aromatic N) is 3. The maximum Gasteiger partial charge on any atom is 0.220 e. The normalized spacial score (nSPS) is 21.2. The Morgan fingerprint density at radius 1 is 1.06 bits per heavy atom. The number of anilines is 1. The number of aromatic nitrogens is 1. The van der Waals surface area contributed by atoms with Gasteiger partial charge >= 0.3 is 0 Å². The van der Waals surface area contributed by atoms with Crippen LogP contribution in [0.5, 0.6) is 0 Å². The van der Waals surface area contributed by atoms with Crippen LogP contribution in [-0.4, -0.2) is 55.2 Å². The highest BCUT2D eigenvalue weighted by Gasteiger charge is 2.28. The molecule has 0 aliphatic carbocycles. The first kappa shape index (κ1) is 23.6. The third kappa shape index (κ3) is 6.52. The molecule has 0 radical (unpaired) electrons. The van der Waals surface area contributed by atoms with Crippen molar-refractivity contribution < 1.29 is 13.7 Å². The number of benzene rings is 1. The molecular weight excluding hydrogens is 442 g/mol. The topological polar surface area (TPSA) is 86.8 Å². The van der Waals surface area contributed by atoms with Crippen LogP contribution < -0.4 is 15.5 Å². The molecule has 8 heteroatoms. The van der Waals surface area contributed by atoms with Crippen LogP contribution in [0.25, 0.3) is 0 Å². The second-order valence-corrected chi connectivity index (χ2v) is 9.66. The number of piperazine rings is 1. The number of hydrogen-bond donors (Lipinski definition) is 2. The molecule has 1 aromatic carbocycles.